The molecule has 1 amide bonds. The fraction of sp³-hybridized carbons (Fsp3) is 0. The SMILES string of the molecule is O=C1N/C(=N\N=C/c2ccco2)S/C1=C\c1ccc(Cl)cc1. The number of benzene rings is 1. The number of carbonyl (C=O) groups excluding carboxylic acids is 1. The van der Waals surface area contributed by atoms with Crippen molar-refractivity contribution < 1.29 is 9.21 Å². The summed E-state index contributed by atoms with van der Waals surface area (Å²) in [6.45, 7) is 0. The van der Waals surface area contributed by atoms with E-state index in [1.807, 2.05) is 12.1 Å². The average Bonchev–Trinajstić information content (AvgIpc) is 3.12. The molecule has 5 nitrogen and oxygen atoms in total. The summed E-state index contributed by atoms with van der Waals surface area (Å²) < 4.78 is 5.09. The third-order valence-corrected chi connectivity index (χ3v) is 3.85. The minimum atomic E-state index is -0.202. The fourth-order valence-corrected chi connectivity index (χ4v) is 2.59. The highest BCUT2D eigenvalue weighted by molar-refractivity contribution is 8.18. The highest BCUT2D eigenvalue weighted by Gasteiger charge is 2.23. The number of hydrogen-bond acceptors (Lipinski definition) is 5. The maximum Gasteiger partial charge on any atom is 0.264 e. The normalized spacial score (nSPS) is 18.5. The van der Waals surface area contributed by atoms with Gasteiger partial charge in [-0.2, -0.15) is 5.10 Å². The second-order valence-electron chi connectivity index (χ2n) is 4.28. The van der Waals surface area contributed by atoms with Crippen molar-refractivity contribution in [3.05, 3.63) is 63.9 Å². The Morgan fingerprint density at radius 1 is 1.23 bits per heavy atom. The molecule has 1 aromatic carbocycles. The van der Waals surface area contributed by atoms with Crippen LogP contribution in [-0.4, -0.2) is 17.3 Å². The monoisotopic (exact) mass is 331 g/mol. The molecule has 22 heavy (non-hydrogen) atoms. The van der Waals surface area contributed by atoms with E-state index in [9.17, 15) is 4.79 Å². The molecule has 1 fully saturated rings. The molecule has 2 heterocycles. The van der Waals surface area contributed by atoms with E-state index in [1.165, 1.54) is 18.0 Å². The quantitative estimate of drug-likeness (QED) is 0.531. The zero-order valence-corrected chi connectivity index (χ0v) is 12.8. The standard InChI is InChI=1S/C15H10ClN3O2S/c16-11-5-3-10(4-6-11)8-13-14(20)18-15(22-13)19-17-9-12-2-1-7-21-12/h1-9H,(H,18,19,20)/b13-8-,17-9-. The molecule has 1 N–H and O–H groups in total. The first-order valence-corrected chi connectivity index (χ1v) is 7.51. The Hall–Kier alpha value is -2.31. The summed E-state index contributed by atoms with van der Waals surface area (Å²) in [5, 5.41) is 11.6. The van der Waals surface area contributed by atoms with Crippen LogP contribution in [0.1, 0.15) is 11.3 Å². The highest BCUT2D eigenvalue weighted by atomic mass is 35.5. The number of nitrogens with one attached hydrogen (secondary N) is 1. The van der Waals surface area contributed by atoms with E-state index in [-0.39, 0.29) is 5.91 Å². The van der Waals surface area contributed by atoms with Crippen LogP contribution in [0, 0.1) is 0 Å². The second-order valence-corrected chi connectivity index (χ2v) is 5.75. The molecule has 1 saturated heterocycles. The molecular weight excluding hydrogens is 322 g/mol. The van der Waals surface area contributed by atoms with Crippen LogP contribution in [0.15, 0.2) is 62.2 Å². The summed E-state index contributed by atoms with van der Waals surface area (Å²) in [5.74, 6) is 0.391. The number of hydrogen-bond donors (Lipinski definition) is 1. The topological polar surface area (TPSA) is 67.0 Å². The van der Waals surface area contributed by atoms with Crippen molar-refractivity contribution in [1.82, 2.24) is 5.32 Å². The number of rotatable bonds is 3. The average molecular weight is 332 g/mol. The van der Waals surface area contributed by atoms with E-state index in [0.717, 1.165) is 5.56 Å². The number of halogens is 1. The van der Waals surface area contributed by atoms with Gasteiger partial charge in [0.1, 0.15) is 5.76 Å². The summed E-state index contributed by atoms with van der Waals surface area (Å²) in [6, 6.07) is 10.7. The van der Waals surface area contributed by atoms with E-state index in [4.69, 9.17) is 16.0 Å². The van der Waals surface area contributed by atoms with Crippen molar-refractivity contribution in [2.24, 2.45) is 10.2 Å². The summed E-state index contributed by atoms with van der Waals surface area (Å²) in [6.07, 6.45) is 4.79. The van der Waals surface area contributed by atoms with Gasteiger partial charge < -0.3 is 4.42 Å². The maximum atomic E-state index is 11.9. The summed E-state index contributed by atoms with van der Waals surface area (Å²) in [5.41, 5.74) is 0.891. The van der Waals surface area contributed by atoms with Crippen molar-refractivity contribution >= 4 is 46.7 Å². The zero-order chi connectivity index (χ0) is 15.4. The van der Waals surface area contributed by atoms with Gasteiger partial charge in [-0.15, -0.1) is 5.10 Å². The lowest BCUT2D eigenvalue weighted by atomic mass is 10.2. The molecular formula is C15H10ClN3O2S. The third kappa shape index (κ3) is 3.66. The molecule has 7 heteroatoms. The van der Waals surface area contributed by atoms with Crippen molar-refractivity contribution in [3.63, 3.8) is 0 Å². The predicted molar refractivity (Wildman–Crippen MR) is 88.9 cm³/mol. The van der Waals surface area contributed by atoms with Crippen molar-refractivity contribution in [1.29, 1.82) is 0 Å². The van der Waals surface area contributed by atoms with Crippen molar-refractivity contribution in [3.8, 4) is 0 Å². The summed E-state index contributed by atoms with van der Waals surface area (Å²) in [4.78, 5) is 12.4. The molecule has 2 aromatic rings. The highest BCUT2D eigenvalue weighted by Crippen LogP contribution is 2.26. The van der Waals surface area contributed by atoms with Crippen LogP contribution >= 0.6 is 23.4 Å². The lowest BCUT2D eigenvalue weighted by Gasteiger charge is -1.94. The Balaban J connectivity index is 1.71. The first-order chi connectivity index (χ1) is 10.7. The van der Waals surface area contributed by atoms with Gasteiger partial charge in [0.2, 0.25) is 0 Å². The minimum Gasteiger partial charge on any atom is -0.463 e. The molecule has 110 valence electrons. The number of carbonyl (C=O) groups is 1. The molecule has 0 bridgehead atoms. The molecule has 3 rings (SSSR count). The number of furan rings is 1. The number of thioether (sulfide) groups is 1. The van der Waals surface area contributed by atoms with Crippen LogP contribution in [0.4, 0.5) is 0 Å². The first-order valence-electron chi connectivity index (χ1n) is 6.32. The Kier molecular flexibility index (Phi) is 4.41. The van der Waals surface area contributed by atoms with E-state index in [1.54, 1.807) is 36.6 Å². The maximum absolute atomic E-state index is 11.9. The van der Waals surface area contributed by atoms with Crippen LogP contribution in [0.2, 0.25) is 5.02 Å². The molecule has 0 saturated carbocycles. The number of amidine groups is 1. The van der Waals surface area contributed by atoms with E-state index in [2.05, 4.69) is 15.5 Å². The molecule has 0 aliphatic carbocycles. The Labute approximate surface area is 135 Å². The van der Waals surface area contributed by atoms with Crippen LogP contribution in [0.25, 0.3) is 6.08 Å². The Morgan fingerprint density at radius 2 is 2.05 bits per heavy atom. The lowest BCUT2D eigenvalue weighted by molar-refractivity contribution is -0.115. The predicted octanol–water partition coefficient (Wildman–Crippen LogP) is 3.53. The van der Waals surface area contributed by atoms with Gasteiger partial charge in [-0.25, -0.2) is 0 Å². The molecule has 0 atom stereocenters. The minimum absolute atomic E-state index is 0.202. The van der Waals surface area contributed by atoms with Gasteiger partial charge in [0, 0.05) is 5.02 Å². The van der Waals surface area contributed by atoms with E-state index in [0.29, 0.717) is 20.9 Å². The summed E-state index contributed by atoms with van der Waals surface area (Å²) in [7, 11) is 0. The Bertz CT molecular complexity index is 765. The Morgan fingerprint density at radius 3 is 2.77 bits per heavy atom. The van der Waals surface area contributed by atoms with Crippen LogP contribution in [0.3, 0.4) is 0 Å². The lowest BCUT2D eigenvalue weighted by Crippen LogP contribution is -2.19. The second kappa shape index (κ2) is 6.64. The van der Waals surface area contributed by atoms with E-state index >= 15 is 0 Å². The van der Waals surface area contributed by atoms with Gasteiger partial charge in [-0.05, 0) is 47.7 Å². The smallest absolute Gasteiger partial charge is 0.264 e. The van der Waals surface area contributed by atoms with Gasteiger partial charge in [0.15, 0.2) is 5.17 Å². The summed E-state index contributed by atoms with van der Waals surface area (Å²) >= 11 is 7.06. The molecule has 0 radical (unpaired) electrons. The third-order valence-electron chi connectivity index (χ3n) is 2.70. The van der Waals surface area contributed by atoms with Crippen molar-refractivity contribution in [2.75, 3.05) is 0 Å². The molecule has 0 spiro atoms. The van der Waals surface area contributed by atoms with Gasteiger partial charge in [-0.3, -0.25) is 10.1 Å². The van der Waals surface area contributed by atoms with Gasteiger partial charge in [-0.1, -0.05) is 23.7 Å². The molecule has 1 aliphatic heterocycles. The zero-order valence-electron chi connectivity index (χ0n) is 11.2. The largest absolute Gasteiger partial charge is 0.463 e. The first kappa shape index (κ1) is 14.6. The van der Waals surface area contributed by atoms with Crippen molar-refractivity contribution in [2.45, 2.75) is 0 Å². The van der Waals surface area contributed by atoms with Crippen LogP contribution in [0.5, 0.6) is 0 Å². The fourth-order valence-electron chi connectivity index (χ4n) is 1.69. The van der Waals surface area contributed by atoms with Gasteiger partial charge in [0.05, 0.1) is 17.4 Å². The van der Waals surface area contributed by atoms with Gasteiger partial charge >= 0.3 is 0 Å². The van der Waals surface area contributed by atoms with Gasteiger partial charge in [0.25, 0.3) is 5.91 Å². The molecule has 1 aromatic heterocycles. The van der Waals surface area contributed by atoms with Crippen LogP contribution in [-0.2, 0) is 4.79 Å². The molecule has 1 aliphatic rings. The molecule has 0 unspecified atom stereocenters. The van der Waals surface area contributed by atoms with E-state index < -0.39 is 0 Å². The number of nitrogens with zero attached hydrogens (tertiary/aromatic N) is 2. The van der Waals surface area contributed by atoms with Crippen LogP contribution < -0.4 is 5.32 Å². The number of amides is 1.